The minimum Gasteiger partial charge on any atom is -0.375 e. The van der Waals surface area contributed by atoms with Crippen molar-refractivity contribution in [3.8, 4) is 0 Å². The molecule has 2 saturated heterocycles. The largest absolute Gasteiger partial charge is 0.375 e. The van der Waals surface area contributed by atoms with Crippen molar-refractivity contribution in [1.82, 2.24) is 0 Å². The lowest BCUT2D eigenvalue weighted by molar-refractivity contribution is -0.0689. The van der Waals surface area contributed by atoms with Crippen molar-refractivity contribution in [2.45, 2.75) is 50.9 Å². The summed E-state index contributed by atoms with van der Waals surface area (Å²) in [5, 5.41) is 0. The van der Waals surface area contributed by atoms with Crippen LogP contribution in [-0.2, 0) is 9.47 Å². The van der Waals surface area contributed by atoms with Crippen LogP contribution < -0.4 is 0 Å². The second-order valence-corrected chi connectivity index (χ2v) is 5.02. The standard InChI is InChI=1S/C12H18O2/c1-3-11(2)12(6-7-13-11)8-9-4-5-10(12)14-9/h4-5,9-10H,3,6-8H2,1-2H3. The predicted octanol–water partition coefficient (Wildman–Crippen LogP) is 2.29. The summed E-state index contributed by atoms with van der Waals surface area (Å²) in [5.74, 6) is 0. The average molecular weight is 194 g/mol. The van der Waals surface area contributed by atoms with E-state index in [2.05, 4.69) is 26.0 Å². The number of fused-ring (bicyclic) bond motifs is 3. The zero-order valence-corrected chi connectivity index (χ0v) is 8.95. The summed E-state index contributed by atoms with van der Waals surface area (Å²) < 4.78 is 11.9. The smallest absolute Gasteiger partial charge is 0.0850 e. The molecule has 3 heterocycles. The van der Waals surface area contributed by atoms with Gasteiger partial charge in [0.1, 0.15) is 0 Å². The summed E-state index contributed by atoms with van der Waals surface area (Å²) in [7, 11) is 0. The second-order valence-electron chi connectivity index (χ2n) is 5.02. The molecule has 0 aliphatic carbocycles. The van der Waals surface area contributed by atoms with Gasteiger partial charge in [0, 0.05) is 12.0 Å². The third-order valence-corrected chi connectivity index (χ3v) is 4.63. The third kappa shape index (κ3) is 0.842. The van der Waals surface area contributed by atoms with Crippen molar-refractivity contribution in [2.24, 2.45) is 5.41 Å². The number of hydrogen-bond donors (Lipinski definition) is 0. The second kappa shape index (κ2) is 2.61. The van der Waals surface area contributed by atoms with Gasteiger partial charge >= 0.3 is 0 Å². The first-order valence-electron chi connectivity index (χ1n) is 5.68. The Morgan fingerprint density at radius 2 is 2.29 bits per heavy atom. The zero-order valence-electron chi connectivity index (χ0n) is 8.95. The quantitative estimate of drug-likeness (QED) is 0.596. The Morgan fingerprint density at radius 1 is 1.43 bits per heavy atom. The van der Waals surface area contributed by atoms with Crippen LogP contribution in [0, 0.1) is 5.41 Å². The molecule has 2 nitrogen and oxygen atoms in total. The van der Waals surface area contributed by atoms with Crippen LogP contribution in [0.1, 0.15) is 33.1 Å². The molecule has 14 heavy (non-hydrogen) atoms. The van der Waals surface area contributed by atoms with Gasteiger partial charge in [0.15, 0.2) is 0 Å². The Kier molecular flexibility index (Phi) is 1.67. The van der Waals surface area contributed by atoms with E-state index in [9.17, 15) is 0 Å². The highest BCUT2D eigenvalue weighted by Gasteiger charge is 2.62. The van der Waals surface area contributed by atoms with E-state index in [0.29, 0.717) is 12.2 Å². The molecule has 0 aromatic heterocycles. The first kappa shape index (κ1) is 8.93. The fraction of sp³-hybridized carbons (Fsp3) is 0.833. The number of rotatable bonds is 1. The molecule has 3 aliphatic heterocycles. The first-order chi connectivity index (χ1) is 6.70. The first-order valence-corrected chi connectivity index (χ1v) is 5.68. The fourth-order valence-electron chi connectivity index (χ4n) is 3.49. The molecule has 2 bridgehead atoms. The molecule has 2 fully saturated rings. The van der Waals surface area contributed by atoms with Gasteiger partial charge in [-0.25, -0.2) is 0 Å². The molecule has 0 saturated carbocycles. The van der Waals surface area contributed by atoms with E-state index in [0.717, 1.165) is 13.0 Å². The van der Waals surface area contributed by atoms with E-state index in [4.69, 9.17) is 9.47 Å². The van der Waals surface area contributed by atoms with Crippen molar-refractivity contribution < 1.29 is 9.47 Å². The molecule has 0 aromatic rings. The Balaban J connectivity index is 2.00. The van der Waals surface area contributed by atoms with Crippen molar-refractivity contribution in [2.75, 3.05) is 6.61 Å². The minimum absolute atomic E-state index is 0.0389. The topological polar surface area (TPSA) is 18.5 Å². The Hall–Kier alpha value is -0.340. The maximum absolute atomic E-state index is 5.97. The number of ether oxygens (including phenoxy) is 2. The fourth-order valence-corrected chi connectivity index (χ4v) is 3.49. The lowest BCUT2D eigenvalue weighted by Crippen LogP contribution is -2.47. The highest BCUT2D eigenvalue weighted by atomic mass is 16.5. The van der Waals surface area contributed by atoms with E-state index < -0.39 is 0 Å². The average Bonchev–Trinajstić information content (AvgIpc) is 2.84. The van der Waals surface area contributed by atoms with Crippen LogP contribution >= 0.6 is 0 Å². The molecule has 4 atom stereocenters. The van der Waals surface area contributed by atoms with Gasteiger partial charge in [0.2, 0.25) is 0 Å². The monoisotopic (exact) mass is 194 g/mol. The Morgan fingerprint density at radius 3 is 2.86 bits per heavy atom. The summed E-state index contributed by atoms with van der Waals surface area (Å²) >= 11 is 0. The van der Waals surface area contributed by atoms with Crippen LogP contribution in [0.4, 0.5) is 0 Å². The summed E-state index contributed by atoms with van der Waals surface area (Å²) in [4.78, 5) is 0. The van der Waals surface area contributed by atoms with Crippen molar-refractivity contribution in [1.29, 1.82) is 0 Å². The predicted molar refractivity (Wildman–Crippen MR) is 54.1 cm³/mol. The van der Waals surface area contributed by atoms with E-state index in [1.54, 1.807) is 0 Å². The van der Waals surface area contributed by atoms with Gasteiger partial charge in [0.25, 0.3) is 0 Å². The zero-order chi connectivity index (χ0) is 9.81. The van der Waals surface area contributed by atoms with Gasteiger partial charge in [0.05, 0.1) is 17.8 Å². The highest BCUT2D eigenvalue weighted by molar-refractivity contribution is 5.22. The van der Waals surface area contributed by atoms with E-state index in [-0.39, 0.29) is 11.0 Å². The van der Waals surface area contributed by atoms with Crippen molar-refractivity contribution in [3.63, 3.8) is 0 Å². The maximum atomic E-state index is 5.97. The molecular formula is C12H18O2. The lowest BCUT2D eigenvalue weighted by atomic mass is 9.64. The summed E-state index contributed by atoms with van der Waals surface area (Å²) in [5.41, 5.74) is 0.318. The van der Waals surface area contributed by atoms with Gasteiger partial charge in [-0.15, -0.1) is 0 Å². The van der Waals surface area contributed by atoms with Gasteiger partial charge in [-0.1, -0.05) is 19.1 Å². The Bertz CT molecular complexity index is 286. The number of hydrogen-bond acceptors (Lipinski definition) is 2. The van der Waals surface area contributed by atoms with E-state index in [1.165, 1.54) is 12.8 Å². The van der Waals surface area contributed by atoms with E-state index in [1.807, 2.05) is 0 Å². The van der Waals surface area contributed by atoms with Crippen LogP contribution in [0.25, 0.3) is 0 Å². The molecular weight excluding hydrogens is 176 g/mol. The molecule has 0 radical (unpaired) electrons. The van der Waals surface area contributed by atoms with Crippen LogP contribution in [0.3, 0.4) is 0 Å². The summed E-state index contributed by atoms with van der Waals surface area (Å²) in [6.07, 6.45) is 8.57. The molecule has 3 aliphatic rings. The van der Waals surface area contributed by atoms with Crippen LogP contribution in [0.2, 0.25) is 0 Å². The lowest BCUT2D eigenvalue weighted by Gasteiger charge is -2.41. The van der Waals surface area contributed by atoms with E-state index >= 15 is 0 Å². The van der Waals surface area contributed by atoms with Crippen molar-refractivity contribution in [3.05, 3.63) is 12.2 Å². The molecule has 4 unspecified atom stereocenters. The van der Waals surface area contributed by atoms with Gasteiger partial charge in [-0.3, -0.25) is 0 Å². The molecule has 3 rings (SSSR count). The van der Waals surface area contributed by atoms with Gasteiger partial charge < -0.3 is 9.47 Å². The van der Waals surface area contributed by atoms with Crippen LogP contribution in [-0.4, -0.2) is 24.4 Å². The van der Waals surface area contributed by atoms with Crippen molar-refractivity contribution >= 4 is 0 Å². The van der Waals surface area contributed by atoms with Gasteiger partial charge in [-0.2, -0.15) is 0 Å². The molecule has 0 amide bonds. The highest BCUT2D eigenvalue weighted by Crippen LogP contribution is 2.58. The van der Waals surface area contributed by atoms with Crippen LogP contribution in [0.15, 0.2) is 12.2 Å². The Labute approximate surface area is 85.3 Å². The summed E-state index contributed by atoms with van der Waals surface area (Å²) in [6, 6.07) is 0. The normalized spacial score (nSPS) is 55.0. The summed E-state index contributed by atoms with van der Waals surface area (Å²) in [6.45, 7) is 5.39. The van der Waals surface area contributed by atoms with Gasteiger partial charge in [-0.05, 0) is 26.2 Å². The third-order valence-electron chi connectivity index (χ3n) is 4.63. The molecule has 0 aromatic carbocycles. The maximum Gasteiger partial charge on any atom is 0.0850 e. The SMILES string of the molecule is CCC1(C)OCCC12CC1C=CC2O1. The minimum atomic E-state index is 0.0389. The molecule has 2 heteroatoms. The molecule has 78 valence electrons. The molecule has 1 spiro atoms. The van der Waals surface area contributed by atoms with Crippen LogP contribution in [0.5, 0.6) is 0 Å². The molecule has 0 N–H and O–H groups in total.